The van der Waals surface area contributed by atoms with Gasteiger partial charge in [0.05, 0.1) is 5.92 Å². The summed E-state index contributed by atoms with van der Waals surface area (Å²) in [6, 6.07) is 0. The second-order valence-corrected chi connectivity index (χ2v) is 4.43. The van der Waals surface area contributed by atoms with Gasteiger partial charge < -0.3 is 10.6 Å². The van der Waals surface area contributed by atoms with Gasteiger partial charge in [-0.15, -0.1) is 0 Å². The van der Waals surface area contributed by atoms with Gasteiger partial charge in [-0.2, -0.15) is 4.37 Å². The molecule has 0 spiro atoms. The first-order chi connectivity index (χ1) is 7.25. The molecule has 15 heavy (non-hydrogen) atoms. The quantitative estimate of drug-likeness (QED) is 0.782. The third-order valence-electron chi connectivity index (χ3n) is 2.43. The SMILES string of the molecule is Cc1nsc(NC(=O)C2CCCNC2)n1. The Morgan fingerprint density at radius 1 is 1.67 bits per heavy atom. The first-order valence-electron chi connectivity index (χ1n) is 5.07. The van der Waals surface area contributed by atoms with Crippen molar-refractivity contribution in [3.05, 3.63) is 5.82 Å². The lowest BCUT2D eigenvalue weighted by molar-refractivity contribution is -0.120. The molecular formula is C9H14N4OS. The number of hydrogen-bond acceptors (Lipinski definition) is 5. The van der Waals surface area contributed by atoms with Crippen molar-refractivity contribution >= 4 is 22.6 Å². The average molecular weight is 226 g/mol. The molecule has 0 aliphatic carbocycles. The fourth-order valence-electron chi connectivity index (χ4n) is 1.63. The van der Waals surface area contributed by atoms with Gasteiger partial charge in [-0.3, -0.25) is 4.79 Å². The number of piperidine rings is 1. The van der Waals surface area contributed by atoms with E-state index in [9.17, 15) is 4.79 Å². The second-order valence-electron chi connectivity index (χ2n) is 3.68. The van der Waals surface area contributed by atoms with Crippen LogP contribution in [0, 0.1) is 12.8 Å². The number of amides is 1. The Morgan fingerprint density at radius 2 is 2.53 bits per heavy atom. The molecule has 1 aromatic heterocycles. The van der Waals surface area contributed by atoms with E-state index < -0.39 is 0 Å². The molecule has 1 atom stereocenters. The van der Waals surface area contributed by atoms with Crippen LogP contribution in [0.25, 0.3) is 0 Å². The van der Waals surface area contributed by atoms with Gasteiger partial charge in [0.2, 0.25) is 11.0 Å². The van der Waals surface area contributed by atoms with Crippen molar-refractivity contribution in [1.82, 2.24) is 14.7 Å². The zero-order chi connectivity index (χ0) is 10.7. The Balaban J connectivity index is 1.91. The summed E-state index contributed by atoms with van der Waals surface area (Å²) in [5, 5.41) is 6.61. The van der Waals surface area contributed by atoms with Crippen molar-refractivity contribution in [3.63, 3.8) is 0 Å². The molecule has 0 saturated carbocycles. The lowest BCUT2D eigenvalue weighted by Gasteiger charge is -2.21. The minimum atomic E-state index is 0.0540. The molecule has 6 heteroatoms. The Hall–Kier alpha value is -1.01. The van der Waals surface area contributed by atoms with Crippen LogP contribution < -0.4 is 10.6 Å². The molecule has 0 radical (unpaired) electrons. The molecule has 82 valence electrons. The van der Waals surface area contributed by atoms with E-state index >= 15 is 0 Å². The molecule has 5 nitrogen and oxygen atoms in total. The largest absolute Gasteiger partial charge is 0.316 e. The molecule has 0 aromatic carbocycles. The van der Waals surface area contributed by atoms with Crippen molar-refractivity contribution in [2.45, 2.75) is 19.8 Å². The number of aromatic nitrogens is 2. The Morgan fingerprint density at radius 3 is 3.13 bits per heavy atom. The van der Waals surface area contributed by atoms with Crippen LogP contribution in [0.4, 0.5) is 5.13 Å². The number of anilines is 1. The van der Waals surface area contributed by atoms with Crippen molar-refractivity contribution in [2.24, 2.45) is 5.92 Å². The number of aryl methyl sites for hydroxylation is 1. The highest BCUT2D eigenvalue weighted by Gasteiger charge is 2.21. The van der Waals surface area contributed by atoms with Gasteiger partial charge in [0, 0.05) is 18.1 Å². The van der Waals surface area contributed by atoms with Crippen LogP contribution in [0.5, 0.6) is 0 Å². The number of hydrogen-bond donors (Lipinski definition) is 2. The van der Waals surface area contributed by atoms with E-state index in [4.69, 9.17) is 0 Å². The van der Waals surface area contributed by atoms with Gasteiger partial charge in [-0.25, -0.2) is 4.98 Å². The van der Waals surface area contributed by atoms with Gasteiger partial charge in [0.25, 0.3) is 0 Å². The number of carbonyl (C=O) groups is 1. The molecule has 2 rings (SSSR count). The first-order valence-corrected chi connectivity index (χ1v) is 5.85. The second kappa shape index (κ2) is 4.67. The van der Waals surface area contributed by atoms with Gasteiger partial charge >= 0.3 is 0 Å². The summed E-state index contributed by atoms with van der Waals surface area (Å²) in [5.41, 5.74) is 0. The maximum absolute atomic E-state index is 11.8. The van der Waals surface area contributed by atoms with E-state index in [1.165, 1.54) is 11.5 Å². The fraction of sp³-hybridized carbons (Fsp3) is 0.667. The molecule has 1 aromatic rings. The van der Waals surface area contributed by atoms with Crippen LogP contribution in [-0.4, -0.2) is 28.4 Å². The van der Waals surface area contributed by atoms with Gasteiger partial charge in [0.1, 0.15) is 5.82 Å². The highest BCUT2D eigenvalue weighted by molar-refractivity contribution is 7.09. The van der Waals surface area contributed by atoms with Crippen LogP contribution in [-0.2, 0) is 4.79 Å². The van der Waals surface area contributed by atoms with Crippen molar-refractivity contribution in [2.75, 3.05) is 18.4 Å². The van der Waals surface area contributed by atoms with E-state index in [2.05, 4.69) is 20.0 Å². The van der Waals surface area contributed by atoms with Crippen LogP contribution in [0.3, 0.4) is 0 Å². The average Bonchev–Trinajstić information content (AvgIpc) is 2.65. The van der Waals surface area contributed by atoms with Crippen LogP contribution >= 0.6 is 11.5 Å². The predicted octanol–water partition coefficient (Wildman–Crippen LogP) is 0.785. The maximum Gasteiger partial charge on any atom is 0.230 e. The van der Waals surface area contributed by atoms with Crippen molar-refractivity contribution < 1.29 is 4.79 Å². The Labute approximate surface area is 92.5 Å². The standard InChI is InChI=1S/C9H14N4OS/c1-6-11-9(15-13-6)12-8(14)7-3-2-4-10-5-7/h7,10H,2-5H2,1H3,(H,11,12,13,14). The zero-order valence-corrected chi connectivity index (χ0v) is 9.43. The van der Waals surface area contributed by atoms with E-state index in [1.54, 1.807) is 0 Å². The van der Waals surface area contributed by atoms with Crippen molar-refractivity contribution in [1.29, 1.82) is 0 Å². The number of nitrogens with one attached hydrogen (secondary N) is 2. The molecule has 1 unspecified atom stereocenters. The van der Waals surface area contributed by atoms with E-state index in [0.717, 1.165) is 25.9 Å². The molecule has 1 saturated heterocycles. The smallest absolute Gasteiger partial charge is 0.230 e. The number of nitrogens with zero attached hydrogens (tertiary/aromatic N) is 2. The number of carbonyl (C=O) groups excluding carboxylic acids is 1. The molecule has 2 heterocycles. The van der Waals surface area contributed by atoms with Gasteiger partial charge in [-0.1, -0.05) is 0 Å². The molecular weight excluding hydrogens is 212 g/mol. The molecule has 2 N–H and O–H groups in total. The lowest BCUT2D eigenvalue weighted by atomic mass is 9.99. The highest BCUT2D eigenvalue weighted by Crippen LogP contribution is 2.15. The lowest BCUT2D eigenvalue weighted by Crippen LogP contribution is -2.37. The summed E-state index contributed by atoms with van der Waals surface area (Å²) in [4.78, 5) is 15.9. The summed E-state index contributed by atoms with van der Waals surface area (Å²) >= 11 is 1.23. The van der Waals surface area contributed by atoms with Crippen LogP contribution in [0.15, 0.2) is 0 Å². The summed E-state index contributed by atoms with van der Waals surface area (Å²) in [5.74, 6) is 0.832. The predicted molar refractivity (Wildman–Crippen MR) is 58.9 cm³/mol. The third-order valence-corrected chi connectivity index (χ3v) is 3.15. The van der Waals surface area contributed by atoms with Crippen LogP contribution in [0.2, 0.25) is 0 Å². The van der Waals surface area contributed by atoms with Crippen LogP contribution in [0.1, 0.15) is 18.7 Å². The third kappa shape index (κ3) is 2.73. The summed E-state index contributed by atoms with van der Waals surface area (Å²) in [6.45, 7) is 3.60. The molecule has 1 amide bonds. The topological polar surface area (TPSA) is 66.9 Å². The summed E-state index contributed by atoms with van der Waals surface area (Å²) in [6.07, 6.45) is 2.02. The molecule has 1 aliphatic heterocycles. The zero-order valence-electron chi connectivity index (χ0n) is 8.62. The highest BCUT2D eigenvalue weighted by atomic mass is 32.1. The minimum absolute atomic E-state index is 0.0540. The normalized spacial score (nSPS) is 21.3. The Bertz CT molecular complexity index is 346. The van der Waals surface area contributed by atoms with E-state index in [0.29, 0.717) is 11.0 Å². The molecule has 1 fully saturated rings. The maximum atomic E-state index is 11.8. The number of rotatable bonds is 2. The van der Waals surface area contributed by atoms with E-state index in [1.807, 2.05) is 6.92 Å². The van der Waals surface area contributed by atoms with E-state index in [-0.39, 0.29) is 11.8 Å². The monoisotopic (exact) mass is 226 g/mol. The van der Waals surface area contributed by atoms with Gasteiger partial charge in [-0.05, 0) is 26.3 Å². The first kappa shape index (κ1) is 10.5. The summed E-state index contributed by atoms with van der Waals surface area (Å²) in [7, 11) is 0. The molecule has 1 aliphatic rings. The molecule has 0 bridgehead atoms. The summed E-state index contributed by atoms with van der Waals surface area (Å²) < 4.78 is 4.02. The Kier molecular flexibility index (Phi) is 3.27. The minimum Gasteiger partial charge on any atom is -0.316 e. The fourth-order valence-corrected chi connectivity index (χ4v) is 2.21. The van der Waals surface area contributed by atoms with Crippen molar-refractivity contribution in [3.8, 4) is 0 Å². The van der Waals surface area contributed by atoms with Gasteiger partial charge in [0.15, 0.2) is 0 Å².